The van der Waals surface area contributed by atoms with Gasteiger partial charge in [-0.3, -0.25) is 4.79 Å². The summed E-state index contributed by atoms with van der Waals surface area (Å²) in [5.74, 6) is -3.37. The Morgan fingerprint density at radius 1 is 1.06 bits per heavy atom. The fraction of sp³-hybridized carbons (Fsp3) is 0.125. The summed E-state index contributed by atoms with van der Waals surface area (Å²) in [6.07, 6.45) is 3.08. The van der Waals surface area contributed by atoms with Crippen molar-refractivity contribution in [1.82, 2.24) is 4.57 Å². The highest BCUT2D eigenvalue weighted by molar-refractivity contribution is 6.32. The van der Waals surface area contributed by atoms with E-state index in [1.54, 1.807) is 23.8 Å². The van der Waals surface area contributed by atoms with Crippen LogP contribution in [0.5, 0.6) is 0 Å². The van der Waals surface area contributed by atoms with Crippen molar-refractivity contribution in [2.75, 3.05) is 12.1 Å². The molecule has 1 atom stereocenters. The normalized spacial score (nSPS) is 15.4. The van der Waals surface area contributed by atoms with E-state index in [1.807, 2.05) is 0 Å². The lowest BCUT2D eigenvalue weighted by molar-refractivity contribution is -0.143. The Balaban J connectivity index is 1.80. The number of carboxylic acids is 2. The van der Waals surface area contributed by atoms with E-state index in [0.717, 1.165) is 5.01 Å². The number of carbonyl (C=O) groups is 4. The van der Waals surface area contributed by atoms with Crippen molar-refractivity contribution in [3.63, 3.8) is 0 Å². The van der Waals surface area contributed by atoms with Crippen LogP contribution in [0, 0.1) is 0 Å². The summed E-state index contributed by atoms with van der Waals surface area (Å²) >= 11 is 0. The Morgan fingerprint density at radius 2 is 1.69 bits per heavy atom. The van der Waals surface area contributed by atoms with Gasteiger partial charge in [0.15, 0.2) is 5.84 Å². The quantitative estimate of drug-likeness (QED) is 0.361. The number of hydrazone groups is 1. The van der Waals surface area contributed by atoms with Gasteiger partial charge in [0, 0.05) is 22.7 Å². The summed E-state index contributed by atoms with van der Waals surface area (Å²) in [4.78, 5) is 47.9. The van der Waals surface area contributed by atoms with Gasteiger partial charge in [-0.05, 0) is 55.5 Å². The molecule has 1 aromatic heterocycles. The number of nitrogens with two attached hydrogens (primary N) is 1. The summed E-state index contributed by atoms with van der Waals surface area (Å²) in [7, 11) is 1.27. The monoisotopic (exact) mass is 476 g/mol. The highest BCUT2D eigenvalue weighted by Crippen LogP contribution is 2.30. The lowest BCUT2D eigenvalue weighted by Gasteiger charge is -2.12. The molecule has 0 spiro atoms. The van der Waals surface area contributed by atoms with Gasteiger partial charge < -0.3 is 25.3 Å². The molecule has 2 aromatic carbocycles. The minimum absolute atomic E-state index is 0.0279. The van der Waals surface area contributed by atoms with E-state index >= 15 is 0 Å². The molecule has 1 aliphatic heterocycles. The number of hydrogen-bond donors (Lipinski definition) is 3. The van der Waals surface area contributed by atoms with Crippen LogP contribution >= 0.6 is 0 Å². The number of amides is 1. The lowest BCUT2D eigenvalue weighted by atomic mass is 10.1. The first-order valence-corrected chi connectivity index (χ1v) is 10.3. The predicted molar refractivity (Wildman–Crippen MR) is 126 cm³/mol. The van der Waals surface area contributed by atoms with Crippen LogP contribution < -0.4 is 10.7 Å². The van der Waals surface area contributed by atoms with Crippen LogP contribution in [0.25, 0.3) is 17.0 Å². The lowest BCUT2D eigenvalue weighted by Crippen LogP contribution is -2.22. The Kier molecular flexibility index (Phi) is 5.83. The Bertz CT molecular complexity index is 1450. The predicted octanol–water partition coefficient (Wildman–Crippen LogP) is 2.47. The van der Waals surface area contributed by atoms with Crippen LogP contribution in [0.1, 0.15) is 39.2 Å². The Morgan fingerprint density at radius 3 is 2.29 bits per heavy atom. The molecule has 0 bridgehead atoms. The summed E-state index contributed by atoms with van der Waals surface area (Å²) in [5.41, 5.74) is 7.49. The van der Waals surface area contributed by atoms with E-state index in [1.165, 1.54) is 49.6 Å². The van der Waals surface area contributed by atoms with Crippen LogP contribution in [-0.4, -0.2) is 51.5 Å². The molecule has 4 N–H and O–H groups in total. The molecule has 11 heteroatoms. The zero-order chi connectivity index (χ0) is 25.4. The van der Waals surface area contributed by atoms with Gasteiger partial charge >= 0.3 is 17.9 Å². The van der Waals surface area contributed by atoms with Crippen molar-refractivity contribution in [1.29, 1.82) is 0 Å². The third-order valence-corrected chi connectivity index (χ3v) is 5.64. The highest BCUT2D eigenvalue weighted by atomic mass is 16.5. The third kappa shape index (κ3) is 4.10. The third-order valence-electron chi connectivity index (χ3n) is 5.64. The Hall–Kier alpha value is -4.93. The van der Waals surface area contributed by atoms with Gasteiger partial charge in [0.05, 0.1) is 29.5 Å². The number of benzene rings is 2. The second kappa shape index (κ2) is 8.78. The molecule has 0 saturated heterocycles. The largest absolute Gasteiger partial charge is 0.478 e. The fourth-order valence-electron chi connectivity index (χ4n) is 3.78. The van der Waals surface area contributed by atoms with Crippen LogP contribution in [0.2, 0.25) is 0 Å². The number of carboxylic acid groups (broad SMARTS) is 2. The van der Waals surface area contributed by atoms with Gasteiger partial charge in [0.2, 0.25) is 0 Å². The molecule has 3 aromatic rings. The molecule has 1 amide bonds. The van der Waals surface area contributed by atoms with Crippen LogP contribution in [0.3, 0.4) is 0 Å². The first-order chi connectivity index (χ1) is 16.6. The van der Waals surface area contributed by atoms with E-state index in [0.29, 0.717) is 22.2 Å². The number of anilines is 1. The minimum atomic E-state index is -1.13. The van der Waals surface area contributed by atoms with Crippen LogP contribution in [-0.2, 0) is 14.3 Å². The number of esters is 1. The van der Waals surface area contributed by atoms with Crippen molar-refractivity contribution >= 4 is 52.3 Å². The van der Waals surface area contributed by atoms with Gasteiger partial charge in [0.25, 0.3) is 5.91 Å². The number of hydrogen-bond acceptors (Lipinski definition) is 7. The first-order valence-electron chi connectivity index (χ1n) is 10.3. The first kappa shape index (κ1) is 23.2. The maximum absolute atomic E-state index is 13.1. The number of aromatic nitrogens is 1. The van der Waals surface area contributed by atoms with Crippen molar-refractivity contribution in [3.05, 3.63) is 70.9 Å². The number of fused-ring (bicyclic) bond motifs is 1. The second-order valence-corrected chi connectivity index (χ2v) is 7.74. The molecule has 1 unspecified atom stereocenters. The van der Waals surface area contributed by atoms with Gasteiger partial charge in [0.1, 0.15) is 6.04 Å². The average Bonchev–Trinajstić information content (AvgIpc) is 3.35. The van der Waals surface area contributed by atoms with E-state index in [2.05, 4.69) is 5.10 Å². The van der Waals surface area contributed by atoms with Gasteiger partial charge in [-0.15, -0.1) is 5.10 Å². The van der Waals surface area contributed by atoms with E-state index in [9.17, 15) is 24.3 Å². The molecule has 11 nitrogen and oxygen atoms in total. The Labute approximate surface area is 198 Å². The number of aromatic carboxylic acids is 2. The van der Waals surface area contributed by atoms with E-state index in [-0.39, 0.29) is 22.5 Å². The van der Waals surface area contributed by atoms with Gasteiger partial charge in [-0.2, -0.15) is 5.01 Å². The van der Waals surface area contributed by atoms with Crippen LogP contribution in [0.4, 0.5) is 5.69 Å². The van der Waals surface area contributed by atoms with E-state index in [4.69, 9.17) is 15.6 Å². The summed E-state index contributed by atoms with van der Waals surface area (Å²) in [5, 5.41) is 24.1. The number of nitrogens with zero attached hydrogens (tertiary/aromatic N) is 3. The van der Waals surface area contributed by atoms with Crippen molar-refractivity contribution in [2.45, 2.75) is 13.0 Å². The SMILES string of the molecule is COC(=O)C(C)n1cc(C=C2C(=O)N(c3ccc(C(=O)O)cc3)N=C2N)c2cc(C(=O)O)ccc21. The zero-order valence-electron chi connectivity index (χ0n) is 18.6. The topological polar surface area (TPSA) is 165 Å². The van der Waals surface area contributed by atoms with Crippen molar-refractivity contribution in [2.24, 2.45) is 10.8 Å². The molecule has 178 valence electrons. The maximum Gasteiger partial charge on any atom is 0.335 e. The molecule has 0 radical (unpaired) electrons. The minimum Gasteiger partial charge on any atom is -0.478 e. The molecule has 35 heavy (non-hydrogen) atoms. The number of amidine groups is 1. The summed E-state index contributed by atoms with van der Waals surface area (Å²) in [6, 6.07) is 9.26. The maximum atomic E-state index is 13.1. The molecule has 1 aliphatic rings. The summed E-state index contributed by atoms with van der Waals surface area (Å²) < 4.78 is 6.45. The molecular weight excluding hydrogens is 456 g/mol. The summed E-state index contributed by atoms with van der Waals surface area (Å²) in [6.45, 7) is 1.63. The smallest absolute Gasteiger partial charge is 0.335 e. The molecule has 0 aliphatic carbocycles. The molecule has 0 saturated carbocycles. The number of carbonyl (C=O) groups excluding carboxylic acids is 2. The fourth-order valence-corrected chi connectivity index (χ4v) is 3.78. The average molecular weight is 476 g/mol. The number of rotatable bonds is 6. The van der Waals surface area contributed by atoms with Gasteiger partial charge in [-0.1, -0.05) is 0 Å². The number of ether oxygens (including phenoxy) is 1. The van der Waals surface area contributed by atoms with Gasteiger partial charge in [-0.25, -0.2) is 14.4 Å². The van der Waals surface area contributed by atoms with E-state index < -0.39 is 29.9 Å². The second-order valence-electron chi connectivity index (χ2n) is 7.74. The van der Waals surface area contributed by atoms with Crippen molar-refractivity contribution < 1.29 is 34.1 Å². The molecule has 2 heterocycles. The zero-order valence-corrected chi connectivity index (χ0v) is 18.6. The van der Waals surface area contributed by atoms with Crippen LogP contribution in [0.15, 0.2) is 59.3 Å². The molecular formula is C24H20N4O7. The van der Waals surface area contributed by atoms with Crippen molar-refractivity contribution in [3.8, 4) is 0 Å². The number of methoxy groups -OCH3 is 1. The highest BCUT2D eigenvalue weighted by Gasteiger charge is 2.30. The standard InChI is InChI=1S/C24H20N4O7/c1-12(24(34)35-2)27-11-15(17-9-14(23(32)33)5-8-19(17)27)10-18-20(25)26-28(21(18)29)16-6-3-13(4-7-16)22(30)31/h3-12H,1-2H3,(H2,25,26)(H,30,31)(H,32,33). The molecule has 0 fully saturated rings. The molecule has 4 rings (SSSR count).